The molecule has 1 saturated heterocycles. The molecule has 0 N–H and O–H groups in total. The first-order chi connectivity index (χ1) is 13.6. The van der Waals surface area contributed by atoms with E-state index in [2.05, 4.69) is 24.8 Å². The van der Waals surface area contributed by atoms with Gasteiger partial charge in [0.2, 0.25) is 0 Å². The lowest BCUT2D eigenvalue weighted by molar-refractivity contribution is 0.0746. The van der Waals surface area contributed by atoms with Gasteiger partial charge in [0.25, 0.3) is 5.91 Å². The number of anilines is 1. The molecule has 5 nitrogen and oxygen atoms in total. The van der Waals surface area contributed by atoms with E-state index in [1.807, 2.05) is 35.2 Å². The van der Waals surface area contributed by atoms with Gasteiger partial charge in [-0.25, -0.2) is 4.98 Å². The summed E-state index contributed by atoms with van der Waals surface area (Å²) < 4.78 is 0. The number of fused-ring (bicyclic) bond motifs is 1. The van der Waals surface area contributed by atoms with Crippen LogP contribution in [0.5, 0.6) is 0 Å². The first-order valence-electron chi connectivity index (χ1n) is 10.1. The van der Waals surface area contributed by atoms with Crippen LogP contribution in [0.4, 0.5) is 5.82 Å². The standard InChI is InChI=1S/C23H26N4O/c1-16(2)21-19-10-6-9-18(19)20(15-24)22(25-21)26-11-13-27(14-12-26)23(28)17-7-4-3-5-8-17/h3-5,7-8,16H,6,9-14H2,1-2H3. The minimum atomic E-state index is 0.0746. The number of nitrogens with zero attached hydrogens (tertiary/aromatic N) is 4. The number of aromatic nitrogens is 1. The summed E-state index contributed by atoms with van der Waals surface area (Å²) in [7, 11) is 0. The Morgan fingerprint density at radius 1 is 1.07 bits per heavy atom. The molecule has 0 atom stereocenters. The molecule has 144 valence electrons. The number of hydrogen-bond donors (Lipinski definition) is 0. The Morgan fingerprint density at radius 3 is 2.39 bits per heavy atom. The molecular formula is C23H26N4O. The number of amides is 1. The largest absolute Gasteiger partial charge is 0.352 e. The van der Waals surface area contributed by atoms with Gasteiger partial charge in [-0.15, -0.1) is 0 Å². The number of hydrogen-bond acceptors (Lipinski definition) is 4. The molecule has 0 saturated carbocycles. The topological polar surface area (TPSA) is 60.2 Å². The fraction of sp³-hybridized carbons (Fsp3) is 0.435. The average Bonchev–Trinajstić information content (AvgIpc) is 3.22. The fourth-order valence-corrected chi connectivity index (χ4v) is 4.38. The molecule has 2 aromatic rings. The van der Waals surface area contributed by atoms with Crippen LogP contribution in [0.25, 0.3) is 0 Å². The second kappa shape index (κ2) is 7.63. The Morgan fingerprint density at radius 2 is 1.75 bits per heavy atom. The van der Waals surface area contributed by atoms with Gasteiger partial charge in [0.1, 0.15) is 11.9 Å². The van der Waals surface area contributed by atoms with E-state index in [0.717, 1.165) is 41.9 Å². The molecule has 1 fully saturated rings. The van der Waals surface area contributed by atoms with Crippen LogP contribution in [-0.2, 0) is 12.8 Å². The Kier molecular flexibility index (Phi) is 5.04. The second-order valence-electron chi connectivity index (χ2n) is 7.92. The van der Waals surface area contributed by atoms with Crippen molar-refractivity contribution in [2.75, 3.05) is 31.1 Å². The zero-order valence-corrected chi connectivity index (χ0v) is 16.6. The van der Waals surface area contributed by atoms with Crippen molar-refractivity contribution in [3.63, 3.8) is 0 Å². The van der Waals surface area contributed by atoms with Gasteiger partial charge in [-0.1, -0.05) is 32.0 Å². The predicted molar refractivity (Wildman–Crippen MR) is 110 cm³/mol. The third-order valence-corrected chi connectivity index (χ3v) is 5.82. The maximum atomic E-state index is 12.7. The van der Waals surface area contributed by atoms with Gasteiger partial charge in [-0.05, 0) is 48.4 Å². The molecule has 1 aliphatic carbocycles. The van der Waals surface area contributed by atoms with Crippen molar-refractivity contribution in [2.24, 2.45) is 0 Å². The van der Waals surface area contributed by atoms with Crippen LogP contribution in [0.2, 0.25) is 0 Å². The molecular weight excluding hydrogens is 348 g/mol. The Balaban J connectivity index is 1.58. The highest BCUT2D eigenvalue weighted by Crippen LogP contribution is 2.35. The number of benzene rings is 1. The summed E-state index contributed by atoms with van der Waals surface area (Å²) in [5.74, 6) is 1.24. The van der Waals surface area contributed by atoms with E-state index in [0.29, 0.717) is 32.1 Å². The van der Waals surface area contributed by atoms with E-state index >= 15 is 0 Å². The normalized spacial score (nSPS) is 16.2. The molecule has 0 radical (unpaired) electrons. The summed E-state index contributed by atoms with van der Waals surface area (Å²) in [5, 5.41) is 9.85. The minimum Gasteiger partial charge on any atom is -0.352 e. The number of pyridine rings is 1. The minimum absolute atomic E-state index is 0.0746. The van der Waals surface area contributed by atoms with Gasteiger partial charge in [-0.3, -0.25) is 4.79 Å². The third kappa shape index (κ3) is 3.24. The van der Waals surface area contributed by atoms with Crippen molar-refractivity contribution in [3.8, 4) is 6.07 Å². The van der Waals surface area contributed by atoms with Gasteiger partial charge in [0.05, 0.1) is 5.56 Å². The molecule has 5 heteroatoms. The highest BCUT2D eigenvalue weighted by atomic mass is 16.2. The molecule has 2 heterocycles. The van der Waals surface area contributed by atoms with E-state index in [1.54, 1.807) is 0 Å². The van der Waals surface area contributed by atoms with Crippen molar-refractivity contribution in [2.45, 2.75) is 39.0 Å². The molecule has 28 heavy (non-hydrogen) atoms. The lowest BCUT2D eigenvalue weighted by atomic mass is 9.97. The first-order valence-corrected chi connectivity index (χ1v) is 10.1. The van der Waals surface area contributed by atoms with Crippen LogP contribution < -0.4 is 4.90 Å². The Bertz CT molecular complexity index is 922. The number of piperazine rings is 1. The van der Waals surface area contributed by atoms with Crippen LogP contribution in [-0.4, -0.2) is 42.0 Å². The maximum Gasteiger partial charge on any atom is 0.253 e. The lowest BCUT2D eigenvalue weighted by Crippen LogP contribution is -2.49. The van der Waals surface area contributed by atoms with Gasteiger partial charge < -0.3 is 9.80 Å². The summed E-state index contributed by atoms with van der Waals surface area (Å²) in [6, 6.07) is 11.9. The van der Waals surface area contributed by atoms with E-state index < -0.39 is 0 Å². The summed E-state index contributed by atoms with van der Waals surface area (Å²) in [6.07, 6.45) is 3.11. The molecule has 1 aromatic heterocycles. The molecule has 4 rings (SSSR count). The smallest absolute Gasteiger partial charge is 0.253 e. The van der Waals surface area contributed by atoms with Crippen LogP contribution in [0.1, 0.15) is 58.9 Å². The van der Waals surface area contributed by atoms with E-state index in [4.69, 9.17) is 4.98 Å². The zero-order chi connectivity index (χ0) is 19.7. The van der Waals surface area contributed by atoms with E-state index in [-0.39, 0.29) is 5.91 Å². The number of carbonyl (C=O) groups excluding carboxylic acids is 1. The first kappa shape index (κ1) is 18.5. The van der Waals surface area contributed by atoms with Crippen molar-refractivity contribution >= 4 is 11.7 Å². The molecule has 0 unspecified atom stereocenters. The second-order valence-corrected chi connectivity index (χ2v) is 7.92. The number of rotatable bonds is 3. The SMILES string of the molecule is CC(C)c1nc(N2CCN(C(=O)c3ccccc3)CC2)c(C#N)c2c1CCC2. The molecule has 0 spiro atoms. The fourth-order valence-electron chi connectivity index (χ4n) is 4.38. The lowest BCUT2D eigenvalue weighted by Gasteiger charge is -2.36. The van der Waals surface area contributed by atoms with Gasteiger partial charge in [0, 0.05) is 37.4 Å². The average molecular weight is 374 g/mol. The van der Waals surface area contributed by atoms with Gasteiger partial charge in [0.15, 0.2) is 0 Å². The predicted octanol–water partition coefficient (Wildman–Crippen LogP) is 3.53. The highest BCUT2D eigenvalue weighted by Gasteiger charge is 2.29. The molecule has 1 aliphatic heterocycles. The molecule has 1 aromatic carbocycles. The van der Waals surface area contributed by atoms with Gasteiger partial charge >= 0.3 is 0 Å². The van der Waals surface area contributed by atoms with Gasteiger partial charge in [-0.2, -0.15) is 5.26 Å². The highest BCUT2D eigenvalue weighted by molar-refractivity contribution is 5.94. The molecule has 0 bridgehead atoms. The quantitative estimate of drug-likeness (QED) is 0.825. The summed E-state index contributed by atoms with van der Waals surface area (Å²) in [4.78, 5) is 21.8. The summed E-state index contributed by atoms with van der Waals surface area (Å²) >= 11 is 0. The monoisotopic (exact) mass is 374 g/mol. The zero-order valence-electron chi connectivity index (χ0n) is 16.6. The van der Waals surface area contributed by atoms with E-state index in [9.17, 15) is 10.1 Å². The number of carbonyl (C=O) groups is 1. The van der Waals surface area contributed by atoms with Crippen molar-refractivity contribution in [1.29, 1.82) is 5.26 Å². The Hall–Kier alpha value is -2.87. The van der Waals surface area contributed by atoms with Crippen LogP contribution in [0.15, 0.2) is 30.3 Å². The van der Waals surface area contributed by atoms with E-state index in [1.165, 1.54) is 11.1 Å². The van der Waals surface area contributed by atoms with Crippen molar-refractivity contribution < 1.29 is 4.79 Å². The van der Waals surface area contributed by atoms with Crippen molar-refractivity contribution in [3.05, 3.63) is 58.3 Å². The molecule has 2 aliphatic rings. The third-order valence-electron chi connectivity index (χ3n) is 5.82. The summed E-state index contributed by atoms with van der Waals surface area (Å²) in [5.41, 5.74) is 5.13. The summed E-state index contributed by atoms with van der Waals surface area (Å²) in [6.45, 7) is 7.05. The van der Waals surface area contributed by atoms with Crippen LogP contribution >= 0.6 is 0 Å². The van der Waals surface area contributed by atoms with Crippen LogP contribution in [0, 0.1) is 11.3 Å². The molecule has 1 amide bonds. The maximum absolute atomic E-state index is 12.7. The van der Waals surface area contributed by atoms with Crippen LogP contribution in [0.3, 0.4) is 0 Å². The van der Waals surface area contributed by atoms with Crippen molar-refractivity contribution in [1.82, 2.24) is 9.88 Å². The number of nitriles is 1. The Labute approximate surface area is 166 Å².